The number of anilines is 3. The van der Waals surface area contributed by atoms with E-state index in [1.807, 2.05) is 12.2 Å². The minimum Gasteiger partial charge on any atom is -0.310 e. The molecule has 1 aliphatic carbocycles. The summed E-state index contributed by atoms with van der Waals surface area (Å²) in [6.45, 7) is 10.3. The van der Waals surface area contributed by atoms with Gasteiger partial charge in [0.1, 0.15) is 0 Å². The number of hydrogen-bond acceptors (Lipinski definition) is 1. The van der Waals surface area contributed by atoms with Gasteiger partial charge in [-0.3, -0.25) is 0 Å². The molecular weight excluding hydrogens is 905 g/mol. The van der Waals surface area contributed by atoms with Crippen LogP contribution >= 0.6 is 0 Å². The van der Waals surface area contributed by atoms with Gasteiger partial charge in [0, 0.05) is 33.5 Å². The van der Waals surface area contributed by atoms with E-state index in [0.29, 0.717) is 0 Å². The fraction of sp³-hybridized carbons (Fsp3) is 0.0411. The van der Waals surface area contributed by atoms with E-state index in [0.717, 1.165) is 45.9 Å². The van der Waals surface area contributed by atoms with Crippen LogP contribution in [0.2, 0.25) is 0 Å². The first-order valence-corrected chi connectivity index (χ1v) is 26.0. The monoisotopic (exact) mass is 958 g/mol. The molecule has 0 spiro atoms. The molecule has 1 heterocycles. The molecule has 0 bridgehead atoms. The number of hydrogen-bond donors (Lipinski definition) is 0. The average Bonchev–Trinajstić information content (AvgIpc) is 3.99. The van der Waals surface area contributed by atoms with Crippen molar-refractivity contribution >= 4 is 51.0 Å². The van der Waals surface area contributed by atoms with Crippen molar-refractivity contribution in [3.63, 3.8) is 0 Å². The third kappa shape index (κ3) is 7.73. The van der Waals surface area contributed by atoms with Crippen molar-refractivity contribution in [1.82, 2.24) is 4.57 Å². The van der Waals surface area contributed by atoms with Gasteiger partial charge in [-0.15, -0.1) is 0 Å². The van der Waals surface area contributed by atoms with Crippen molar-refractivity contribution in [3.8, 4) is 50.2 Å². The van der Waals surface area contributed by atoms with Crippen LogP contribution in [0.1, 0.15) is 45.9 Å². The van der Waals surface area contributed by atoms with Gasteiger partial charge in [-0.1, -0.05) is 220 Å². The van der Waals surface area contributed by atoms with Crippen molar-refractivity contribution in [2.75, 3.05) is 4.90 Å². The van der Waals surface area contributed by atoms with Crippen LogP contribution in [0.4, 0.5) is 17.1 Å². The number of aryl methyl sites for hydroxylation is 1. The SMILES string of the molecule is C=Cc1ccc(-c2ccc3c(c2)c2cc(-c4ccc(N(c5ccc(-c6ccccc6)cc5)c5ccc6c(c5)C(c5ccccc5)(c5ccc(C=C)cc5)c5ccccc5-6)cc4)ccc2n3-c2ccc(CC)cc2)cc1. The van der Waals surface area contributed by atoms with Gasteiger partial charge in [0.05, 0.1) is 16.4 Å². The Morgan fingerprint density at radius 2 is 0.840 bits per heavy atom. The largest absolute Gasteiger partial charge is 0.310 e. The van der Waals surface area contributed by atoms with Crippen LogP contribution in [0.25, 0.3) is 84.2 Å². The molecule has 0 fully saturated rings. The zero-order chi connectivity index (χ0) is 50.5. The summed E-state index contributed by atoms with van der Waals surface area (Å²) in [4.78, 5) is 2.42. The number of nitrogens with zero attached hydrogens (tertiary/aromatic N) is 2. The number of rotatable bonds is 12. The van der Waals surface area contributed by atoms with E-state index in [1.165, 1.54) is 88.6 Å². The highest BCUT2D eigenvalue weighted by Crippen LogP contribution is 2.57. The van der Waals surface area contributed by atoms with Crippen LogP contribution in [0.5, 0.6) is 0 Å². The Hall–Kier alpha value is -9.50. The van der Waals surface area contributed by atoms with Gasteiger partial charge < -0.3 is 9.47 Å². The summed E-state index contributed by atoms with van der Waals surface area (Å²) in [5, 5.41) is 2.44. The highest BCUT2D eigenvalue weighted by molar-refractivity contribution is 6.11. The Balaban J connectivity index is 0.958. The van der Waals surface area contributed by atoms with Crippen LogP contribution in [-0.4, -0.2) is 4.57 Å². The summed E-state index contributed by atoms with van der Waals surface area (Å²) in [6.07, 6.45) is 4.82. The normalized spacial score (nSPS) is 13.6. The molecule has 13 rings (SSSR count). The first-order valence-electron chi connectivity index (χ1n) is 26.0. The molecule has 1 unspecified atom stereocenters. The second kappa shape index (κ2) is 18.8. The molecule has 356 valence electrons. The summed E-state index contributed by atoms with van der Waals surface area (Å²) < 4.78 is 2.42. The maximum Gasteiger partial charge on any atom is 0.0714 e. The zero-order valence-electron chi connectivity index (χ0n) is 42.0. The minimum atomic E-state index is -0.562. The lowest BCUT2D eigenvalue weighted by Crippen LogP contribution is -2.28. The Bertz CT molecular complexity index is 4070. The second-order valence-corrected chi connectivity index (χ2v) is 19.7. The molecular formula is C73H54N2. The van der Waals surface area contributed by atoms with Gasteiger partial charge in [-0.25, -0.2) is 0 Å². The lowest BCUT2D eigenvalue weighted by Gasteiger charge is -2.35. The molecule has 0 aliphatic heterocycles. The predicted molar refractivity (Wildman–Crippen MR) is 319 cm³/mol. The molecule has 11 aromatic carbocycles. The second-order valence-electron chi connectivity index (χ2n) is 19.7. The van der Waals surface area contributed by atoms with E-state index in [2.05, 4.69) is 290 Å². The zero-order valence-corrected chi connectivity index (χ0v) is 42.0. The molecule has 2 nitrogen and oxygen atoms in total. The third-order valence-corrected chi connectivity index (χ3v) is 15.6. The molecule has 0 saturated heterocycles. The van der Waals surface area contributed by atoms with Gasteiger partial charge in [0.2, 0.25) is 0 Å². The maximum absolute atomic E-state index is 4.09. The molecule has 1 aliphatic rings. The Morgan fingerprint density at radius 3 is 1.41 bits per heavy atom. The van der Waals surface area contributed by atoms with Gasteiger partial charge in [-0.05, 0) is 163 Å². The van der Waals surface area contributed by atoms with Crippen LogP contribution in [0.15, 0.2) is 274 Å². The topological polar surface area (TPSA) is 8.17 Å². The lowest BCUT2D eigenvalue weighted by atomic mass is 9.67. The van der Waals surface area contributed by atoms with Crippen LogP contribution in [-0.2, 0) is 11.8 Å². The average molecular weight is 959 g/mol. The first kappa shape index (κ1) is 45.4. The summed E-state index contributed by atoms with van der Waals surface area (Å²) in [7, 11) is 0. The summed E-state index contributed by atoms with van der Waals surface area (Å²) in [5.74, 6) is 0. The fourth-order valence-electron chi connectivity index (χ4n) is 11.8. The summed E-state index contributed by atoms with van der Waals surface area (Å²) in [6, 6.07) is 96.4. The van der Waals surface area contributed by atoms with Crippen LogP contribution in [0, 0.1) is 0 Å². The standard InChI is InChI=1S/C73H54N2/c1-4-50-21-27-55(28-22-50)57-33-45-71-67(47-57)68-48-58(34-46-72(68)75(71)63-37-25-52(6-3)26-38-63)56-31-41-62(42-32-56)74(61-39-29-54(30-40-61)53-15-9-7-10-16-53)64-43-44-66-65-19-13-14-20-69(65)73(70(66)49-64,59-17-11-8-12-18-59)60-35-23-51(5-2)24-36-60/h4-5,7-49H,1-2,6H2,3H3. The maximum atomic E-state index is 4.09. The van der Waals surface area contributed by atoms with Crippen LogP contribution in [0.3, 0.4) is 0 Å². The molecule has 1 atom stereocenters. The lowest BCUT2D eigenvalue weighted by molar-refractivity contribution is 0.768. The van der Waals surface area contributed by atoms with E-state index in [4.69, 9.17) is 0 Å². The molecule has 12 aromatic rings. The molecule has 0 amide bonds. The highest BCUT2D eigenvalue weighted by atomic mass is 15.1. The molecule has 2 heteroatoms. The minimum absolute atomic E-state index is 0.562. The predicted octanol–water partition coefficient (Wildman–Crippen LogP) is 19.5. The van der Waals surface area contributed by atoms with Crippen molar-refractivity contribution in [3.05, 3.63) is 313 Å². The number of aromatic nitrogens is 1. The van der Waals surface area contributed by atoms with Gasteiger partial charge in [-0.2, -0.15) is 0 Å². The number of fused-ring (bicyclic) bond motifs is 6. The Kier molecular flexibility index (Phi) is 11.4. The quantitative estimate of drug-likeness (QED) is 0.118. The fourth-order valence-corrected chi connectivity index (χ4v) is 11.8. The summed E-state index contributed by atoms with van der Waals surface area (Å²) in [5.41, 5.74) is 24.3. The van der Waals surface area contributed by atoms with Gasteiger partial charge in [0.25, 0.3) is 0 Å². The smallest absolute Gasteiger partial charge is 0.0714 e. The molecule has 75 heavy (non-hydrogen) atoms. The van der Waals surface area contributed by atoms with E-state index < -0.39 is 5.41 Å². The number of benzene rings is 11. The molecule has 0 N–H and O–H groups in total. The van der Waals surface area contributed by atoms with E-state index in [1.54, 1.807) is 0 Å². The molecule has 1 aromatic heterocycles. The van der Waals surface area contributed by atoms with Crippen molar-refractivity contribution in [2.24, 2.45) is 0 Å². The van der Waals surface area contributed by atoms with E-state index in [-0.39, 0.29) is 0 Å². The van der Waals surface area contributed by atoms with E-state index in [9.17, 15) is 0 Å². The van der Waals surface area contributed by atoms with Crippen LogP contribution < -0.4 is 4.90 Å². The highest BCUT2D eigenvalue weighted by Gasteiger charge is 2.46. The van der Waals surface area contributed by atoms with Crippen molar-refractivity contribution in [1.29, 1.82) is 0 Å². The Morgan fingerprint density at radius 1 is 0.387 bits per heavy atom. The molecule has 0 saturated carbocycles. The van der Waals surface area contributed by atoms with Crippen molar-refractivity contribution < 1.29 is 0 Å². The van der Waals surface area contributed by atoms with E-state index >= 15 is 0 Å². The van der Waals surface area contributed by atoms with Gasteiger partial charge >= 0.3 is 0 Å². The molecule has 0 radical (unpaired) electrons. The third-order valence-electron chi connectivity index (χ3n) is 15.6. The van der Waals surface area contributed by atoms with Crippen molar-refractivity contribution in [2.45, 2.75) is 18.8 Å². The first-order chi connectivity index (χ1) is 37.0. The summed E-state index contributed by atoms with van der Waals surface area (Å²) >= 11 is 0. The van der Waals surface area contributed by atoms with Gasteiger partial charge in [0.15, 0.2) is 0 Å². The Labute approximate surface area is 440 Å².